The smallest absolute Gasteiger partial charge is 0.266 e. The molecule has 1 heterocycles. The molecule has 7 heteroatoms. The molecule has 0 radical (unpaired) electrons. The highest BCUT2D eigenvalue weighted by Crippen LogP contribution is 2.36. The average molecular weight is 442 g/mol. The van der Waals surface area contributed by atoms with Crippen LogP contribution in [-0.2, 0) is 0 Å². The minimum atomic E-state index is -0.261. The zero-order valence-electron chi connectivity index (χ0n) is 15.8. The Bertz CT molecular complexity index is 1160. The number of aromatic nitrogens is 1. The van der Waals surface area contributed by atoms with Gasteiger partial charge in [-0.05, 0) is 54.6 Å². The van der Waals surface area contributed by atoms with E-state index >= 15 is 0 Å². The van der Waals surface area contributed by atoms with Crippen LogP contribution in [0.4, 0.5) is 16.5 Å². The Morgan fingerprint density at radius 1 is 0.931 bits per heavy atom. The van der Waals surface area contributed by atoms with Crippen molar-refractivity contribution in [1.29, 1.82) is 0 Å². The highest BCUT2D eigenvalue weighted by atomic mass is 35.5. The second-order valence-electron chi connectivity index (χ2n) is 6.64. The molecule has 0 saturated carbocycles. The van der Waals surface area contributed by atoms with Crippen LogP contribution >= 0.6 is 34.5 Å². The van der Waals surface area contributed by atoms with Gasteiger partial charge in [-0.15, -0.1) is 0 Å². The summed E-state index contributed by atoms with van der Waals surface area (Å²) < 4.78 is 1.01. The minimum Gasteiger partial charge on any atom is -0.378 e. The molecule has 0 unspecified atom stereocenters. The predicted octanol–water partition coefficient (Wildman–Crippen LogP) is 6.65. The third-order valence-corrected chi connectivity index (χ3v) is 6.03. The van der Waals surface area contributed by atoms with Crippen LogP contribution in [0, 0.1) is 0 Å². The summed E-state index contributed by atoms with van der Waals surface area (Å²) in [4.78, 5) is 21.8. The van der Waals surface area contributed by atoms with Gasteiger partial charge < -0.3 is 4.90 Å². The van der Waals surface area contributed by atoms with Gasteiger partial charge in [0.15, 0.2) is 5.13 Å². The number of halogens is 2. The molecule has 0 atom stereocenters. The molecule has 0 aliphatic carbocycles. The Balaban J connectivity index is 1.85. The Morgan fingerprint density at radius 3 is 2.28 bits per heavy atom. The second kappa shape index (κ2) is 8.03. The molecule has 0 spiro atoms. The van der Waals surface area contributed by atoms with Crippen molar-refractivity contribution < 1.29 is 4.79 Å². The van der Waals surface area contributed by atoms with Crippen molar-refractivity contribution in [3.63, 3.8) is 0 Å². The molecule has 0 N–H and O–H groups in total. The van der Waals surface area contributed by atoms with Crippen LogP contribution in [0.3, 0.4) is 0 Å². The van der Waals surface area contributed by atoms with Crippen LogP contribution in [0.1, 0.15) is 10.4 Å². The van der Waals surface area contributed by atoms with E-state index < -0.39 is 0 Å². The molecular weight excluding hydrogens is 425 g/mol. The number of nitrogens with zero attached hydrogens (tertiary/aromatic N) is 3. The lowest BCUT2D eigenvalue weighted by Crippen LogP contribution is -2.26. The van der Waals surface area contributed by atoms with E-state index in [9.17, 15) is 4.79 Å². The Labute approximate surface area is 182 Å². The van der Waals surface area contributed by atoms with Crippen LogP contribution in [0.15, 0.2) is 66.7 Å². The van der Waals surface area contributed by atoms with Crippen molar-refractivity contribution >= 4 is 67.2 Å². The molecule has 0 aliphatic heterocycles. The van der Waals surface area contributed by atoms with Crippen LogP contribution in [-0.4, -0.2) is 25.0 Å². The van der Waals surface area contributed by atoms with Crippen molar-refractivity contribution in [2.45, 2.75) is 0 Å². The number of rotatable bonds is 4. The fourth-order valence-electron chi connectivity index (χ4n) is 2.95. The van der Waals surface area contributed by atoms with E-state index in [0.29, 0.717) is 26.4 Å². The third kappa shape index (κ3) is 3.94. The molecule has 3 aromatic carbocycles. The van der Waals surface area contributed by atoms with Gasteiger partial charge in [-0.3, -0.25) is 9.69 Å². The number of para-hydroxylation sites is 1. The minimum absolute atomic E-state index is 0.261. The van der Waals surface area contributed by atoms with Gasteiger partial charge in [-0.2, -0.15) is 0 Å². The van der Waals surface area contributed by atoms with Crippen molar-refractivity contribution in [2.24, 2.45) is 0 Å². The average Bonchev–Trinajstić information content (AvgIpc) is 3.12. The van der Waals surface area contributed by atoms with Crippen LogP contribution < -0.4 is 9.80 Å². The first-order chi connectivity index (χ1) is 13.9. The highest BCUT2D eigenvalue weighted by Gasteiger charge is 2.25. The zero-order chi connectivity index (χ0) is 20.5. The standard InChI is InChI=1S/C22H17Cl2N3OS/c1-26(2)15-8-10-16(11-9-15)27(21(28)17-12-7-14(23)13-18(17)24)22-25-19-5-3-4-6-20(19)29-22/h3-13H,1-2H3. The normalized spacial score (nSPS) is 10.9. The maximum Gasteiger partial charge on any atom is 0.266 e. The summed E-state index contributed by atoms with van der Waals surface area (Å²) >= 11 is 13.8. The molecule has 4 nitrogen and oxygen atoms in total. The Kier molecular flexibility index (Phi) is 5.46. The van der Waals surface area contributed by atoms with Crippen molar-refractivity contribution in [3.8, 4) is 0 Å². The van der Waals surface area contributed by atoms with E-state index in [1.54, 1.807) is 23.1 Å². The molecule has 0 bridgehead atoms. The molecule has 4 aromatic rings. The maximum absolute atomic E-state index is 13.5. The van der Waals surface area contributed by atoms with E-state index in [-0.39, 0.29) is 5.91 Å². The number of anilines is 3. The largest absolute Gasteiger partial charge is 0.378 e. The Hall–Kier alpha value is -2.60. The van der Waals surface area contributed by atoms with E-state index in [1.165, 1.54) is 11.3 Å². The summed E-state index contributed by atoms with van der Waals surface area (Å²) in [7, 11) is 3.94. The summed E-state index contributed by atoms with van der Waals surface area (Å²) in [5.74, 6) is -0.261. The summed E-state index contributed by atoms with van der Waals surface area (Å²) in [6, 6.07) is 20.4. The lowest BCUT2D eigenvalue weighted by molar-refractivity contribution is 0.0999. The zero-order valence-corrected chi connectivity index (χ0v) is 18.1. The molecule has 1 aromatic heterocycles. The van der Waals surface area contributed by atoms with Crippen LogP contribution in [0.2, 0.25) is 10.0 Å². The number of benzene rings is 3. The van der Waals surface area contributed by atoms with Crippen LogP contribution in [0.5, 0.6) is 0 Å². The van der Waals surface area contributed by atoms with Crippen molar-refractivity contribution in [2.75, 3.05) is 23.9 Å². The molecular formula is C22H17Cl2N3OS. The van der Waals surface area contributed by atoms with Gasteiger partial charge in [0.2, 0.25) is 0 Å². The van der Waals surface area contributed by atoms with Crippen LogP contribution in [0.25, 0.3) is 10.2 Å². The molecule has 29 heavy (non-hydrogen) atoms. The SMILES string of the molecule is CN(C)c1ccc(N(C(=O)c2ccc(Cl)cc2Cl)c2nc3ccccc3s2)cc1. The number of hydrogen-bond donors (Lipinski definition) is 0. The fraction of sp³-hybridized carbons (Fsp3) is 0.0909. The second-order valence-corrected chi connectivity index (χ2v) is 8.49. The van der Waals surface area contributed by atoms with Crippen molar-refractivity contribution in [3.05, 3.63) is 82.3 Å². The lowest BCUT2D eigenvalue weighted by Gasteiger charge is -2.22. The van der Waals surface area contributed by atoms with Gasteiger partial charge >= 0.3 is 0 Å². The maximum atomic E-state index is 13.5. The van der Waals surface area contributed by atoms with Gasteiger partial charge in [-0.1, -0.05) is 46.7 Å². The monoisotopic (exact) mass is 441 g/mol. The number of fused-ring (bicyclic) bond motifs is 1. The third-order valence-electron chi connectivity index (χ3n) is 4.46. The van der Waals surface area contributed by atoms with Gasteiger partial charge in [-0.25, -0.2) is 4.98 Å². The molecule has 0 fully saturated rings. The highest BCUT2D eigenvalue weighted by molar-refractivity contribution is 7.22. The summed E-state index contributed by atoms with van der Waals surface area (Å²) in [5, 5.41) is 1.37. The number of hydrogen-bond acceptors (Lipinski definition) is 4. The molecule has 4 rings (SSSR count). The van der Waals surface area contributed by atoms with Gasteiger partial charge in [0, 0.05) is 24.8 Å². The molecule has 0 aliphatic rings. The topological polar surface area (TPSA) is 36.4 Å². The molecule has 146 valence electrons. The quantitative estimate of drug-likeness (QED) is 0.355. The van der Waals surface area contributed by atoms with Gasteiger partial charge in [0.25, 0.3) is 5.91 Å². The van der Waals surface area contributed by atoms with Gasteiger partial charge in [0.05, 0.1) is 26.5 Å². The first kappa shape index (κ1) is 19.7. The van der Waals surface area contributed by atoms with E-state index in [4.69, 9.17) is 23.2 Å². The first-order valence-electron chi connectivity index (χ1n) is 8.86. The molecule has 1 amide bonds. The number of carbonyl (C=O) groups is 1. The Morgan fingerprint density at radius 2 is 1.62 bits per heavy atom. The number of carbonyl (C=O) groups excluding carboxylic acids is 1. The van der Waals surface area contributed by atoms with Gasteiger partial charge in [0.1, 0.15) is 0 Å². The summed E-state index contributed by atoms with van der Waals surface area (Å²) in [5.41, 5.74) is 2.96. The van der Waals surface area contributed by atoms with Crippen molar-refractivity contribution in [1.82, 2.24) is 4.98 Å². The lowest BCUT2D eigenvalue weighted by atomic mass is 10.1. The number of amides is 1. The summed E-state index contributed by atoms with van der Waals surface area (Å²) in [6.07, 6.45) is 0. The first-order valence-corrected chi connectivity index (χ1v) is 10.4. The van der Waals surface area contributed by atoms with E-state index in [1.807, 2.05) is 67.5 Å². The fourth-order valence-corrected chi connectivity index (χ4v) is 4.43. The van der Waals surface area contributed by atoms with E-state index in [0.717, 1.165) is 15.9 Å². The predicted molar refractivity (Wildman–Crippen MR) is 123 cm³/mol. The number of thiazole rings is 1. The molecule has 0 saturated heterocycles. The van der Waals surface area contributed by atoms with E-state index in [2.05, 4.69) is 4.98 Å². The summed E-state index contributed by atoms with van der Waals surface area (Å²) in [6.45, 7) is 0.